The summed E-state index contributed by atoms with van der Waals surface area (Å²) in [6.07, 6.45) is 4.83. The molecule has 1 fully saturated rings. The highest BCUT2D eigenvalue weighted by Crippen LogP contribution is 2.21. The first-order chi connectivity index (χ1) is 29.1. The second-order valence-electron chi connectivity index (χ2n) is 15.7. The minimum absolute atomic E-state index is 0.00894. The summed E-state index contributed by atoms with van der Waals surface area (Å²) in [6, 6.07) is 4.29. The van der Waals surface area contributed by atoms with E-state index in [1.807, 2.05) is 13.8 Å². The van der Waals surface area contributed by atoms with Crippen molar-refractivity contribution in [2.24, 2.45) is 39.9 Å². The number of unbranched alkanes of at least 4 members (excludes halogenated alkanes) is 1. The van der Waals surface area contributed by atoms with Crippen LogP contribution < -0.4 is 43.8 Å². The number of nitrogens with two attached hydrogens (primary N) is 3. The largest absolute Gasteiger partial charge is 0.508 e. The number of primary amides is 1. The molecule has 4 amide bonds. The van der Waals surface area contributed by atoms with Crippen LogP contribution in [0.4, 0.5) is 0 Å². The molecule has 1 aromatic rings. The molecule has 0 bridgehead atoms. The number of amides is 4. The Kier molecular flexibility index (Phi) is 26.1. The number of phenolic OH excluding ortho intramolecular Hbond substituents is 1. The Balaban J connectivity index is 2.26. The molecule has 61 heavy (non-hydrogen) atoms. The van der Waals surface area contributed by atoms with Gasteiger partial charge in [0.2, 0.25) is 23.6 Å². The predicted octanol–water partition coefficient (Wildman–Crippen LogP) is 1.36. The van der Waals surface area contributed by atoms with Crippen molar-refractivity contribution >= 4 is 74.6 Å². The number of phenols is 1. The van der Waals surface area contributed by atoms with E-state index < -0.39 is 30.0 Å². The summed E-state index contributed by atoms with van der Waals surface area (Å²) in [5.74, 6) is -2.26. The van der Waals surface area contributed by atoms with Crippen molar-refractivity contribution in [1.82, 2.24) is 26.6 Å². The summed E-state index contributed by atoms with van der Waals surface area (Å²) in [5, 5.41) is 24.7. The number of Topliss-reactive ketones (excluding diaryl/α,β-unsaturated/α-hetero) is 3. The summed E-state index contributed by atoms with van der Waals surface area (Å²) in [5.41, 5.74) is 17.6. The molecule has 17 nitrogen and oxygen atoms in total. The molecule has 2 rings (SSSR count). The number of carbonyl (C=O) groups excluding carboxylic acids is 7. The molecule has 1 saturated heterocycles. The standard InChI is InChI=1S/C42H68BrN9O8S/c1-3-27(2)40-35(55)16-12-30(8-4-5-18-47-38(58)22-43)36(56)24-51-33(25-61-26-39(59)48-20-17-37(57)52-40)34(54)15-11-29(7-6-19-49-42(45)46)23-50-32(41(44)60)21-28-9-13-31(53)14-10-28/h9-10,13-14,27,29-30,32-33,40,50-51,53H,3-8,11-12,15-26H2,1-2H3,(H2,44,60)(H,47,58)(H,48,59)(H,52,57)(H4,45,46,49)/t27-,29+,30+,32-,33-,40-/m0/s1. The van der Waals surface area contributed by atoms with Gasteiger partial charge in [0, 0.05) is 50.6 Å². The molecule has 342 valence electrons. The van der Waals surface area contributed by atoms with Gasteiger partial charge < -0.3 is 43.6 Å². The van der Waals surface area contributed by atoms with Crippen LogP contribution in [-0.2, 0) is 40.0 Å². The Labute approximate surface area is 372 Å². The number of nitrogens with zero attached hydrogens (tertiary/aromatic N) is 1. The highest BCUT2D eigenvalue weighted by atomic mass is 79.9. The van der Waals surface area contributed by atoms with Gasteiger partial charge in [-0.2, -0.15) is 0 Å². The van der Waals surface area contributed by atoms with Gasteiger partial charge in [-0.3, -0.25) is 43.9 Å². The van der Waals surface area contributed by atoms with E-state index in [2.05, 4.69) is 47.5 Å². The molecule has 19 heteroatoms. The molecule has 1 aliphatic rings. The number of hydrogen-bond acceptors (Lipinski definition) is 12. The molecule has 12 N–H and O–H groups in total. The fraction of sp³-hybridized carbons (Fsp3) is 0.667. The molecule has 0 aliphatic carbocycles. The molecule has 1 aliphatic heterocycles. The number of benzene rings is 1. The number of aliphatic imine (C=N–C) groups is 1. The average Bonchev–Trinajstić information content (AvgIpc) is 3.23. The van der Waals surface area contributed by atoms with Crippen LogP contribution in [0.2, 0.25) is 0 Å². The maximum absolute atomic E-state index is 14.0. The quantitative estimate of drug-likeness (QED) is 0.0344. The van der Waals surface area contributed by atoms with Crippen molar-refractivity contribution in [1.29, 1.82) is 0 Å². The lowest BCUT2D eigenvalue weighted by Gasteiger charge is -2.25. The molecule has 0 aromatic heterocycles. The van der Waals surface area contributed by atoms with Gasteiger partial charge in [0.1, 0.15) is 11.5 Å². The summed E-state index contributed by atoms with van der Waals surface area (Å²) < 4.78 is 0. The van der Waals surface area contributed by atoms with Gasteiger partial charge in [0.05, 0.1) is 35.8 Å². The molecule has 0 saturated carbocycles. The first-order valence-corrected chi connectivity index (χ1v) is 23.5. The summed E-state index contributed by atoms with van der Waals surface area (Å²) in [4.78, 5) is 95.2. The maximum atomic E-state index is 14.0. The number of thioether (sulfide) groups is 1. The van der Waals surface area contributed by atoms with Gasteiger partial charge in [-0.25, -0.2) is 0 Å². The number of ketones is 3. The Bertz CT molecular complexity index is 1600. The topological polar surface area (TPSA) is 290 Å². The van der Waals surface area contributed by atoms with Crippen LogP contribution in [0.3, 0.4) is 0 Å². The Hall–Kier alpha value is -4.07. The van der Waals surface area contributed by atoms with Crippen LogP contribution in [-0.4, -0.2) is 120 Å². The maximum Gasteiger partial charge on any atom is 0.234 e. The lowest BCUT2D eigenvalue weighted by atomic mass is 9.87. The number of nitrogens with one attached hydrogen (secondary N) is 5. The van der Waals surface area contributed by atoms with Gasteiger partial charge in [-0.1, -0.05) is 54.8 Å². The number of guanidine groups is 1. The summed E-state index contributed by atoms with van der Waals surface area (Å²) >= 11 is 4.37. The second kappa shape index (κ2) is 30.1. The summed E-state index contributed by atoms with van der Waals surface area (Å²) in [6.45, 7) is 4.97. The zero-order chi connectivity index (χ0) is 45.2. The third kappa shape index (κ3) is 22.6. The molecular weight excluding hydrogens is 870 g/mol. The van der Waals surface area contributed by atoms with Gasteiger partial charge in [-0.15, -0.1) is 11.8 Å². The van der Waals surface area contributed by atoms with Crippen LogP contribution in [0.5, 0.6) is 5.75 Å². The van der Waals surface area contributed by atoms with Gasteiger partial charge >= 0.3 is 0 Å². The Morgan fingerprint density at radius 3 is 2.41 bits per heavy atom. The van der Waals surface area contributed by atoms with Crippen molar-refractivity contribution in [2.45, 2.75) is 109 Å². The molecule has 0 radical (unpaired) electrons. The molecular formula is C42H68BrN9O8S. The zero-order valence-electron chi connectivity index (χ0n) is 35.7. The van der Waals surface area contributed by atoms with Crippen LogP contribution >= 0.6 is 27.7 Å². The van der Waals surface area contributed by atoms with Crippen LogP contribution in [0.15, 0.2) is 29.3 Å². The van der Waals surface area contributed by atoms with Crippen molar-refractivity contribution in [2.75, 3.05) is 49.6 Å². The number of halogens is 1. The van der Waals surface area contributed by atoms with Gasteiger partial charge in [0.25, 0.3) is 0 Å². The lowest BCUT2D eigenvalue weighted by Crippen LogP contribution is -2.46. The molecule has 1 aromatic carbocycles. The van der Waals surface area contributed by atoms with E-state index in [4.69, 9.17) is 17.2 Å². The summed E-state index contributed by atoms with van der Waals surface area (Å²) in [7, 11) is 0. The molecule has 0 unspecified atom stereocenters. The van der Waals surface area contributed by atoms with E-state index in [0.29, 0.717) is 71.0 Å². The van der Waals surface area contributed by atoms with E-state index in [0.717, 1.165) is 5.56 Å². The fourth-order valence-electron chi connectivity index (χ4n) is 6.93. The predicted molar refractivity (Wildman–Crippen MR) is 242 cm³/mol. The van der Waals surface area contributed by atoms with Crippen molar-refractivity contribution in [3.8, 4) is 5.75 Å². The fourth-order valence-corrected chi connectivity index (χ4v) is 8.07. The highest BCUT2D eigenvalue weighted by Gasteiger charge is 2.29. The normalized spacial score (nSPS) is 20.2. The van der Waals surface area contributed by atoms with Crippen molar-refractivity contribution in [3.05, 3.63) is 29.8 Å². The van der Waals surface area contributed by atoms with Crippen molar-refractivity contribution < 1.29 is 38.7 Å². The Morgan fingerprint density at radius 2 is 1.74 bits per heavy atom. The van der Waals surface area contributed by atoms with E-state index in [9.17, 15) is 38.7 Å². The van der Waals surface area contributed by atoms with Crippen LogP contribution in [0, 0.1) is 17.8 Å². The highest BCUT2D eigenvalue weighted by molar-refractivity contribution is 9.09. The second-order valence-corrected chi connectivity index (χ2v) is 17.3. The monoisotopic (exact) mass is 937 g/mol. The SMILES string of the molecule is CC[C@H](C)[C@@H]1NC(=O)CCNC(=O)CSC[C@@H](C(=O)CC[C@@H](CCCN=C(N)N)CN[C@@H](Cc2ccc(O)cc2)C(N)=O)NCC(=O)[C@H](CCCCNC(=O)CBr)CCC1=O. The third-order valence-electron chi connectivity index (χ3n) is 10.8. The van der Waals surface area contributed by atoms with Gasteiger partial charge in [-0.05, 0) is 81.0 Å². The number of carbonyl (C=O) groups is 7. The zero-order valence-corrected chi connectivity index (χ0v) is 38.1. The number of rotatable bonds is 22. The third-order valence-corrected chi connectivity index (χ3v) is 12.4. The van der Waals surface area contributed by atoms with E-state index in [1.54, 1.807) is 12.1 Å². The minimum atomic E-state index is -0.772. The van der Waals surface area contributed by atoms with E-state index in [-0.39, 0.29) is 114 Å². The molecule has 1 heterocycles. The number of aromatic hydroxyl groups is 1. The lowest BCUT2D eigenvalue weighted by molar-refractivity contribution is -0.130. The smallest absolute Gasteiger partial charge is 0.234 e. The van der Waals surface area contributed by atoms with E-state index in [1.165, 1.54) is 23.9 Å². The number of hydrogen-bond donors (Lipinski definition) is 9. The first kappa shape index (κ1) is 53.1. The average molecular weight is 939 g/mol. The van der Waals surface area contributed by atoms with Crippen LogP contribution in [0.1, 0.15) is 90.0 Å². The van der Waals surface area contributed by atoms with Crippen molar-refractivity contribution in [3.63, 3.8) is 0 Å². The Morgan fingerprint density at radius 1 is 1.00 bits per heavy atom. The van der Waals surface area contributed by atoms with E-state index >= 15 is 0 Å². The molecule has 0 spiro atoms. The minimum Gasteiger partial charge on any atom is -0.508 e. The van der Waals surface area contributed by atoms with Gasteiger partial charge in [0.15, 0.2) is 17.5 Å². The first-order valence-electron chi connectivity index (χ1n) is 21.3. The number of alkyl halides is 1. The molecule has 6 atom stereocenters. The van der Waals surface area contributed by atoms with Crippen LogP contribution in [0.25, 0.3) is 0 Å².